The van der Waals surface area contributed by atoms with Crippen molar-refractivity contribution < 1.29 is 0 Å². The van der Waals surface area contributed by atoms with Gasteiger partial charge in [-0.05, 0) is 19.0 Å². The molecule has 1 nitrogen and oxygen atoms in total. The van der Waals surface area contributed by atoms with Gasteiger partial charge in [0.15, 0.2) is 0 Å². The zero-order valence-electron chi connectivity index (χ0n) is 9.24. The number of likely N-dealkylation sites (N-methyl/N-ethyl adjacent to an activating group) is 1. The summed E-state index contributed by atoms with van der Waals surface area (Å²) in [5, 5.41) is 0. The highest BCUT2D eigenvalue weighted by Crippen LogP contribution is 2.06. The van der Waals surface area contributed by atoms with Crippen LogP contribution in [0.2, 0.25) is 0 Å². The van der Waals surface area contributed by atoms with Crippen molar-refractivity contribution in [1.82, 2.24) is 4.90 Å². The van der Waals surface area contributed by atoms with Crippen LogP contribution in [0.1, 0.15) is 5.56 Å². The minimum atomic E-state index is 0.674. The van der Waals surface area contributed by atoms with Gasteiger partial charge in [-0.25, -0.2) is 0 Å². The van der Waals surface area contributed by atoms with Crippen LogP contribution in [0.15, 0.2) is 42.5 Å². The molecule has 0 fully saturated rings. The van der Waals surface area contributed by atoms with Crippen molar-refractivity contribution in [2.24, 2.45) is 0 Å². The first-order valence-corrected chi connectivity index (χ1v) is 5.05. The Morgan fingerprint density at radius 1 is 1.40 bits per heavy atom. The summed E-state index contributed by atoms with van der Waals surface area (Å²) < 4.78 is 0. The summed E-state index contributed by atoms with van der Waals surface area (Å²) in [6.07, 6.45) is 6.16. The summed E-state index contributed by atoms with van der Waals surface area (Å²) in [4.78, 5) is 2.09. The number of terminal acetylenes is 1. The predicted molar refractivity (Wildman–Crippen MR) is 65.6 cm³/mol. The summed E-state index contributed by atoms with van der Waals surface area (Å²) >= 11 is 0. The van der Waals surface area contributed by atoms with Crippen molar-refractivity contribution in [2.45, 2.75) is 6.42 Å². The molecule has 1 rings (SSSR count). The number of hydrogen-bond donors (Lipinski definition) is 0. The molecule has 1 aromatic rings. The number of benzene rings is 1. The average molecular weight is 199 g/mol. The van der Waals surface area contributed by atoms with Gasteiger partial charge in [0, 0.05) is 6.54 Å². The monoisotopic (exact) mass is 199 g/mol. The van der Waals surface area contributed by atoms with Crippen LogP contribution in [-0.2, 0) is 6.42 Å². The second kappa shape index (κ2) is 6.06. The lowest BCUT2D eigenvalue weighted by Crippen LogP contribution is -2.21. The van der Waals surface area contributed by atoms with E-state index in [1.807, 2.05) is 25.2 Å². The zero-order chi connectivity index (χ0) is 11.1. The van der Waals surface area contributed by atoms with Gasteiger partial charge in [0.1, 0.15) is 0 Å². The Labute approximate surface area is 92.4 Å². The van der Waals surface area contributed by atoms with Gasteiger partial charge in [0.05, 0.1) is 6.54 Å². The fraction of sp³-hybridized carbons (Fsp3) is 0.286. The molecule has 0 aliphatic carbocycles. The third-order valence-electron chi connectivity index (χ3n) is 2.15. The maximum Gasteiger partial charge on any atom is 0.0599 e. The average Bonchev–Trinajstić information content (AvgIpc) is 2.19. The van der Waals surface area contributed by atoms with E-state index in [9.17, 15) is 0 Å². The quantitative estimate of drug-likeness (QED) is 0.520. The Balaban J connectivity index is 2.41. The first-order chi connectivity index (χ1) is 7.22. The van der Waals surface area contributed by atoms with Crippen molar-refractivity contribution >= 4 is 0 Å². The van der Waals surface area contributed by atoms with Crippen LogP contribution in [-0.4, -0.2) is 25.0 Å². The summed E-state index contributed by atoms with van der Waals surface area (Å²) in [5.41, 5.74) is 2.50. The Morgan fingerprint density at radius 2 is 2.07 bits per heavy atom. The minimum absolute atomic E-state index is 0.674. The highest BCUT2D eigenvalue weighted by Gasteiger charge is 2.00. The van der Waals surface area contributed by atoms with E-state index in [-0.39, 0.29) is 0 Å². The van der Waals surface area contributed by atoms with Crippen LogP contribution >= 0.6 is 0 Å². The molecule has 0 radical (unpaired) electrons. The van der Waals surface area contributed by atoms with Crippen LogP contribution in [0.4, 0.5) is 0 Å². The Bertz CT molecular complexity index is 345. The van der Waals surface area contributed by atoms with E-state index in [0.717, 1.165) is 13.0 Å². The van der Waals surface area contributed by atoms with Crippen molar-refractivity contribution in [1.29, 1.82) is 0 Å². The Morgan fingerprint density at radius 3 is 2.67 bits per heavy atom. The van der Waals surface area contributed by atoms with E-state index in [0.29, 0.717) is 6.54 Å². The lowest BCUT2D eigenvalue weighted by molar-refractivity contribution is 0.407. The first kappa shape index (κ1) is 11.6. The molecule has 0 spiro atoms. The maximum atomic E-state index is 5.24. The smallest absolute Gasteiger partial charge is 0.0599 e. The van der Waals surface area contributed by atoms with Crippen LogP contribution in [0.3, 0.4) is 0 Å². The third-order valence-corrected chi connectivity index (χ3v) is 2.15. The molecule has 0 unspecified atom stereocenters. The van der Waals surface area contributed by atoms with Crippen LogP contribution in [0, 0.1) is 12.3 Å². The minimum Gasteiger partial charge on any atom is -0.291 e. The number of nitrogens with zero attached hydrogens (tertiary/aromatic N) is 1. The molecule has 0 heterocycles. The molecular formula is C14H17N. The van der Waals surface area contributed by atoms with Gasteiger partial charge in [-0.2, -0.15) is 0 Å². The van der Waals surface area contributed by atoms with E-state index < -0.39 is 0 Å². The molecule has 78 valence electrons. The molecule has 0 aliphatic rings. The summed E-state index contributed by atoms with van der Waals surface area (Å²) in [6, 6.07) is 10.4. The molecule has 1 heteroatoms. The largest absolute Gasteiger partial charge is 0.291 e. The topological polar surface area (TPSA) is 3.24 Å². The van der Waals surface area contributed by atoms with Gasteiger partial charge < -0.3 is 0 Å². The Kier molecular flexibility index (Phi) is 4.66. The lowest BCUT2D eigenvalue weighted by Gasteiger charge is -2.15. The van der Waals surface area contributed by atoms with Gasteiger partial charge in [-0.3, -0.25) is 4.90 Å². The van der Waals surface area contributed by atoms with Crippen molar-refractivity contribution in [3.63, 3.8) is 0 Å². The highest BCUT2D eigenvalue weighted by molar-refractivity contribution is 5.21. The number of rotatable bonds is 5. The van der Waals surface area contributed by atoms with Crippen LogP contribution in [0.25, 0.3) is 0 Å². The van der Waals surface area contributed by atoms with E-state index >= 15 is 0 Å². The molecule has 0 saturated heterocycles. The summed E-state index contributed by atoms with van der Waals surface area (Å²) in [6.45, 7) is 5.60. The molecule has 1 aromatic carbocycles. The van der Waals surface area contributed by atoms with Gasteiger partial charge in [-0.1, -0.05) is 48.4 Å². The van der Waals surface area contributed by atoms with E-state index in [4.69, 9.17) is 6.42 Å². The highest BCUT2D eigenvalue weighted by atomic mass is 15.1. The normalized spacial score (nSPS) is 9.93. The molecule has 0 atom stereocenters. The molecule has 0 saturated carbocycles. The maximum absolute atomic E-state index is 5.24. The SMILES string of the molecule is C#CCN(C)CC(=C)Cc1ccccc1. The van der Waals surface area contributed by atoms with E-state index in [1.165, 1.54) is 11.1 Å². The molecule has 0 aromatic heterocycles. The van der Waals surface area contributed by atoms with Crippen molar-refractivity contribution in [3.8, 4) is 12.3 Å². The van der Waals surface area contributed by atoms with Gasteiger partial charge in [-0.15, -0.1) is 6.42 Å². The molecule has 0 aliphatic heterocycles. The third kappa shape index (κ3) is 4.49. The molecule has 15 heavy (non-hydrogen) atoms. The van der Waals surface area contributed by atoms with Gasteiger partial charge in [0.2, 0.25) is 0 Å². The standard InChI is InChI=1S/C14H17N/c1-4-10-15(3)12-13(2)11-14-8-6-5-7-9-14/h1,5-9H,2,10-12H2,3H3. The lowest BCUT2D eigenvalue weighted by atomic mass is 10.1. The number of hydrogen-bond acceptors (Lipinski definition) is 1. The van der Waals surface area contributed by atoms with Crippen molar-refractivity contribution in [3.05, 3.63) is 48.0 Å². The molecule has 0 N–H and O–H groups in total. The summed E-state index contributed by atoms with van der Waals surface area (Å²) in [5.74, 6) is 2.62. The van der Waals surface area contributed by atoms with E-state index in [2.05, 4.69) is 29.5 Å². The first-order valence-electron chi connectivity index (χ1n) is 5.05. The summed E-state index contributed by atoms with van der Waals surface area (Å²) in [7, 11) is 2.01. The Hall–Kier alpha value is -1.52. The van der Waals surface area contributed by atoms with Crippen molar-refractivity contribution in [2.75, 3.05) is 20.1 Å². The molecular weight excluding hydrogens is 182 g/mol. The van der Waals surface area contributed by atoms with Crippen LogP contribution in [0.5, 0.6) is 0 Å². The second-order valence-corrected chi connectivity index (χ2v) is 3.79. The molecule has 0 amide bonds. The second-order valence-electron chi connectivity index (χ2n) is 3.79. The molecule has 0 bridgehead atoms. The van der Waals surface area contributed by atoms with E-state index in [1.54, 1.807) is 0 Å². The fourth-order valence-electron chi connectivity index (χ4n) is 1.53. The zero-order valence-corrected chi connectivity index (χ0v) is 9.24. The van der Waals surface area contributed by atoms with Crippen LogP contribution < -0.4 is 0 Å². The van der Waals surface area contributed by atoms with Gasteiger partial charge >= 0.3 is 0 Å². The fourth-order valence-corrected chi connectivity index (χ4v) is 1.53. The predicted octanol–water partition coefficient (Wildman–Crippen LogP) is 2.35. The van der Waals surface area contributed by atoms with Gasteiger partial charge in [0.25, 0.3) is 0 Å².